The second-order valence-electron chi connectivity index (χ2n) is 4.73. The van der Waals surface area contributed by atoms with E-state index in [1.807, 2.05) is 14.1 Å². The van der Waals surface area contributed by atoms with Crippen molar-refractivity contribution in [3.05, 3.63) is 17.9 Å². The Balaban J connectivity index is 2.68. The molecule has 0 aliphatic carbocycles. The second kappa shape index (κ2) is 5.72. The summed E-state index contributed by atoms with van der Waals surface area (Å²) in [6.07, 6.45) is 0. The molecular formula is C12H20N2O3. The van der Waals surface area contributed by atoms with E-state index in [4.69, 9.17) is 9.52 Å². The van der Waals surface area contributed by atoms with E-state index in [0.29, 0.717) is 11.8 Å². The number of nitrogens with one attached hydrogen (secondary N) is 1. The Kier molecular flexibility index (Phi) is 4.57. The first-order chi connectivity index (χ1) is 7.90. The number of carboxylic acids is 1. The van der Waals surface area contributed by atoms with E-state index in [2.05, 4.69) is 24.1 Å². The minimum atomic E-state index is -1.05. The molecule has 0 aliphatic rings. The normalized spacial score (nSPS) is 13.1. The van der Waals surface area contributed by atoms with Gasteiger partial charge in [-0.1, -0.05) is 13.8 Å². The average Bonchev–Trinajstić information content (AvgIpc) is 2.64. The number of hydrogen-bond acceptors (Lipinski definition) is 4. The third-order valence-electron chi connectivity index (χ3n) is 2.51. The first kappa shape index (κ1) is 13.6. The molecule has 0 spiro atoms. The molecule has 0 bridgehead atoms. The molecule has 1 atom stereocenters. The molecule has 1 unspecified atom stereocenters. The van der Waals surface area contributed by atoms with Crippen molar-refractivity contribution in [1.82, 2.24) is 4.90 Å². The summed E-state index contributed by atoms with van der Waals surface area (Å²) in [4.78, 5) is 12.8. The molecule has 0 amide bonds. The molecule has 17 heavy (non-hydrogen) atoms. The summed E-state index contributed by atoms with van der Waals surface area (Å²) in [7, 11) is 4.00. The van der Waals surface area contributed by atoms with Gasteiger partial charge in [0.15, 0.2) is 5.88 Å². The highest BCUT2D eigenvalue weighted by atomic mass is 16.4. The molecular weight excluding hydrogens is 220 g/mol. The lowest BCUT2D eigenvalue weighted by atomic mass is 10.0. The highest BCUT2D eigenvalue weighted by Crippen LogP contribution is 2.17. The summed E-state index contributed by atoms with van der Waals surface area (Å²) in [5.41, 5.74) is 0. The monoisotopic (exact) mass is 240 g/mol. The van der Waals surface area contributed by atoms with Crippen molar-refractivity contribution in [1.29, 1.82) is 0 Å². The summed E-state index contributed by atoms with van der Waals surface area (Å²) in [6, 6.07) is 3.32. The van der Waals surface area contributed by atoms with Gasteiger partial charge < -0.3 is 19.7 Å². The summed E-state index contributed by atoms with van der Waals surface area (Å²) >= 11 is 0. The van der Waals surface area contributed by atoms with Crippen molar-refractivity contribution in [3.8, 4) is 0 Å². The molecule has 0 aromatic carbocycles. The largest absolute Gasteiger partial charge is 0.475 e. The van der Waals surface area contributed by atoms with E-state index in [-0.39, 0.29) is 11.8 Å². The molecule has 0 aliphatic heterocycles. The number of anilines is 1. The molecule has 1 heterocycles. The maximum atomic E-state index is 10.7. The Bertz CT molecular complexity index is 372. The van der Waals surface area contributed by atoms with E-state index in [1.165, 1.54) is 6.07 Å². The Hall–Kier alpha value is -1.49. The Morgan fingerprint density at radius 2 is 2.12 bits per heavy atom. The van der Waals surface area contributed by atoms with Gasteiger partial charge in [0, 0.05) is 18.7 Å². The number of nitrogens with zero attached hydrogens (tertiary/aromatic N) is 1. The molecule has 0 saturated heterocycles. The van der Waals surface area contributed by atoms with E-state index in [1.54, 1.807) is 6.07 Å². The average molecular weight is 240 g/mol. The topological polar surface area (TPSA) is 65.7 Å². The van der Waals surface area contributed by atoms with Crippen molar-refractivity contribution in [2.45, 2.75) is 19.9 Å². The fourth-order valence-corrected chi connectivity index (χ4v) is 1.53. The number of carboxylic acid groups (broad SMARTS) is 1. The van der Waals surface area contributed by atoms with Gasteiger partial charge in [0.2, 0.25) is 5.76 Å². The van der Waals surface area contributed by atoms with Gasteiger partial charge in [-0.05, 0) is 26.1 Å². The molecule has 96 valence electrons. The van der Waals surface area contributed by atoms with Gasteiger partial charge in [0.05, 0.1) is 0 Å². The van der Waals surface area contributed by atoms with Gasteiger partial charge in [-0.2, -0.15) is 0 Å². The quantitative estimate of drug-likeness (QED) is 0.796. The van der Waals surface area contributed by atoms with Crippen molar-refractivity contribution < 1.29 is 14.3 Å². The molecule has 5 nitrogen and oxygen atoms in total. The van der Waals surface area contributed by atoms with Crippen LogP contribution in [0.3, 0.4) is 0 Å². The summed E-state index contributed by atoms with van der Waals surface area (Å²) < 4.78 is 5.18. The van der Waals surface area contributed by atoms with Gasteiger partial charge in [-0.15, -0.1) is 0 Å². The minimum absolute atomic E-state index is 0.0418. The maximum Gasteiger partial charge on any atom is 0.371 e. The van der Waals surface area contributed by atoms with Crippen LogP contribution in [-0.2, 0) is 0 Å². The van der Waals surface area contributed by atoms with Crippen LogP contribution in [0, 0.1) is 5.92 Å². The highest BCUT2D eigenvalue weighted by Gasteiger charge is 2.16. The predicted octanol–water partition coefficient (Wildman–Crippen LogP) is 1.98. The standard InChI is InChI=1S/C12H20N2O3/c1-8(2)9(7-14(3)4)13-11-6-5-10(17-11)12(15)16/h5-6,8-9,13H,7H2,1-4H3,(H,15,16). The number of likely N-dealkylation sites (N-methyl/N-ethyl adjacent to an activating group) is 1. The van der Waals surface area contributed by atoms with E-state index in [9.17, 15) is 4.79 Å². The van der Waals surface area contributed by atoms with Crippen LogP contribution in [0.4, 0.5) is 5.88 Å². The summed E-state index contributed by atoms with van der Waals surface area (Å²) in [5.74, 6) is -0.162. The van der Waals surface area contributed by atoms with Gasteiger partial charge in [-0.3, -0.25) is 0 Å². The SMILES string of the molecule is CC(C)C(CN(C)C)Nc1ccc(C(=O)O)o1. The zero-order chi connectivity index (χ0) is 13.0. The van der Waals surface area contributed by atoms with Crippen LogP contribution < -0.4 is 5.32 Å². The van der Waals surface area contributed by atoms with Crippen molar-refractivity contribution >= 4 is 11.9 Å². The summed E-state index contributed by atoms with van der Waals surface area (Å²) in [5, 5.41) is 12.0. The van der Waals surface area contributed by atoms with Gasteiger partial charge >= 0.3 is 5.97 Å². The van der Waals surface area contributed by atoms with E-state index in [0.717, 1.165) is 6.54 Å². The number of furan rings is 1. The zero-order valence-electron chi connectivity index (χ0n) is 10.7. The van der Waals surface area contributed by atoms with Crippen LogP contribution in [0.2, 0.25) is 0 Å². The van der Waals surface area contributed by atoms with Crippen LogP contribution in [0.5, 0.6) is 0 Å². The van der Waals surface area contributed by atoms with Crippen molar-refractivity contribution in [2.75, 3.05) is 26.0 Å². The molecule has 1 aromatic rings. The number of aromatic carboxylic acids is 1. The molecule has 1 aromatic heterocycles. The number of hydrogen-bond donors (Lipinski definition) is 2. The van der Waals surface area contributed by atoms with Gasteiger partial charge in [0.1, 0.15) is 0 Å². The molecule has 5 heteroatoms. The van der Waals surface area contributed by atoms with Crippen LogP contribution in [0.25, 0.3) is 0 Å². The lowest BCUT2D eigenvalue weighted by molar-refractivity contribution is 0.0663. The van der Waals surface area contributed by atoms with Gasteiger partial charge in [0.25, 0.3) is 0 Å². The fourth-order valence-electron chi connectivity index (χ4n) is 1.53. The van der Waals surface area contributed by atoms with Crippen LogP contribution in [0.1, 0.15) is 24.4 Å². The smallest absolute Gasteiger partial charge is 0.371 e. The van der Waals surface area contributed by atoms with Crippen LogP contribution in [0.15, 0.2) is 16.5 Å². The fraction of sp³-hybridized carbons (Fsp3) is 0.583. The van der Waals surface area contributed by atoms with Crippen molar-refractivity contribution in [2.24, 2.45) is 5.92 Å². The first-order valence-corrected chi connectivity index (χ1v) is 5.64. The van der Waals surface area contributed by atoms with Crippen molar-refractivity contribution in [3.63, 3.8) is 0 Å². The molecule has 0 fully saturated rings. The molecule has 1 rings (SSSR count). The van der Waals surface area contributed by atoms with E-state index >= 15 is 0 Å². The Labute approximate surface area is 101 Å². The number of carbonyl (C=O) groups is 1. The Morgan fingerprint density at radius 3 is 2.53 bits per heavy atom. The van der Waals surface area contributed by atoms with Gasteiger partial charge in [-0.25, -0.2) is 4.79 Å². The lowest BCUT2D eigenvalue weighted by Crippen LogP contribution is -2.36. The molecule has 0 saturated carbocycles. The predicted molar refractivity (Wildman–Crippen MR) is 66.5 cm³/mol. The second-order valence-corrected chi connectivity index (χ2v) is 4.73. The third-order valence-corrected chi connectivity index (χ3v) is 2.51. The minimum Gasteiger partial charge on any atom is -0.475 e. The highest BCUT2D eigenvalue weighted by molar-refractivity contribution is 5.84. The van der Waals surface area contributed by atoms with Crippen LogP contribution >= 0.6 is 0 Å². The number of rotatable bonds is 6. The third kappa shape index (κ3) is 4.11. The zero-order valence-corrected chi connectivity index (χ0v) is 10.7. The Morgan fingerprint density at radius 1 is 1.47 bits per heavy atom. The van der Waals surface area contributed by atoms with E-state index < -0.39 is 5.97 Å². The first-order valence-electron chi connectivity index (χ1n) is 5.64. The molecule has 2 N–H and O–H groups in total. The molecule has 0 radical (unpaired) electrons. The summed E-state index contributed by atoms with van der Waals surface area (Å²) in [6.45, 7) is 5.09. The van der Waals surface area contributed by atoms with Crippen LogP contribution in [-0.4, -0.2) is 42.7 Å². The lowest BCUT2D eigenvalue weighted by Gasteiger charge is -2.25. The maximum absolute atomic E-state index is 10.7.